The van der Waals surface area contributed by atoms with E-state index in [1.807, 2.05) is 0 Å². The van der Waals surface area contributed by atoms with E-state index in [1.165, 1.54) is 26.0 Å². The first kappa shape index (κ1) is 25.3. The number of para-hydroxylation sites is 1. The molecule has 1 amide bonds. The molecular formula is C23H23F2N5O5S. The Morgan fingerprint density at radius 2 is 1.81 bits per heavy atom. The van der Waals surface area contributed by atoms with Gasteiger partial charge >= 0.3 is 6.09 Å². The van der Waals surface area contributed by atoms with Gasteiger partial charge < -0.3 is 15.8 Å². The van der Waals surface area contributed by atoms with Gasteiger partial charge in [0.2, 0.25) is 10.0 Å². The van der Waals surface area contributed by atoms with Gasteiger partial charge in [-0.2, -0.15) is 9.40 Å². The number of nitrogens with one attached hydrogen (secondary N) is 1. The maximum atomic E-state index is 13.8. The molecule has 0 saturated carbocycles. The second-order valence-corrected chi connectivity index (χ2v) is 10.4. The van der Waals surface area contributed by atoms with Crippen molar-refractivity contribution in [1.29, 1.82) is 0 Å². The average molecular weight is 520 g/mol. The predicted octanol–water partition coefficient (Wildman–Crippen LogP) is 3.44. The number of carbonyl (C=O) groups excluding carboxylic acids is 2. The Balaban J connectivity index is 1.81. The molecule has 1 aliphatic heterocycles. The van der Waals surface area contributed by atoms with E-state index in [4.69, 9.17) is 10.5 Å². The summed E-state index contributed by atoms with van der Waals surface area (Å²) >= 11 is 0. The fourth-order valence-electron chi connectivity index (χ4n) is 4.07. The third-order valence-corrected chi connectivity index (χ3v) is 7.79. The molecule has 4 rings (SSSR count). The standard InChI is InChI=1S/C23H23F2N5O5S/c1-4-35-22(32)30-20(27-21(31)16-7-5-6-8-18(16)26)17-12-29(23(2,3)19(17)28-30)36(33,34)15-10-13(24)9-14(25)11-15/h5-11H,4,12,26H2,1-3H3,(H,27,31). The minimum atomic E-state index is -4.42. The Bertz CT molecular complexity index is 1470. The van der Waals surface area contributed by atoms with Crippen LogP contribution in [0.25, 0.3) is 0 Å². The molecule has 13 heteroatoms. The van der Waals surface area contributed by atoms with Gasteiger partial charge in [-0.1, -0.05) is 12.1 Å². The summed E-state index contributed by atoms with van der Waals surface area (Å²) in [6.07, 6.45) is -0.888. The first-order valence-electron chi connectivity index (χ1n) is 10.8. The summed E-state index contributed by atoms with van der Waals surface area (Å²) in [5, 5.41) is 6.86. The molecule has 1 aliphatic rings. The number of amides is 1. The summed E-state index contributed by atoms with van der Waals surface area (Å²) in [7, 11) is -4.42. The first-order chi connectivity index (χ1) is 16.9. The lowest BCUT2D eigenvalue weighted by molar-refractivity contribution is 0.102. The summed E-state index contributed by atoms with van der Waals surface area (Å²) in [5.74, 6) is -2.87. The van der Waals surface area contributed by atoms with Crippen molar-refractivity contribution in [3.63, 3.8) is 0 Å². The van der Waals surface area contributed by atoms with Gasteiger partial charge in [0.1, 0.15) is 17.5 Å². The van der Waals surface area contributed by atoms with E-state index in [-0.39, 0.29) is 41.5 Å². The van der Waals surface area contributed by atoms with Gasteiger partial charge in [-0.25, -0.2) is 22.0 Å². The SMILES string of the molecule is CCOC(=O)n1nc2c(c1NC(=O)c1ccccc1N)CN(S(=O)(=O)c1cc(F)cc(F)c1)C2(C)C. The smallest absolute Gasteiger partial charge is 0.436 e. The molecule has 3 aromatic rings. The molecule has 0 aliphatic carbocycles. The van der Waals surface area contributed by atoms with E-state index in [9.17, 15) is 26.8 Å². The number of carbonyl (C=O) groups is 2. The van der Waals surface area contributed by atoms with Crippen molar-refractivity contribution < 1.29 is 31.5 Å². The Morgan fingerprint density at radius 1 is 1.17 bits per heavy atom. The van der Waals surface area contributed by atoms with Gasteiger partial charge in [-0.3, -0.25) is 4.79 Å². The van der Waals surface area contributed by atoms with Crippen LogP contribution in [0, 0.1) is 11.6 Å². The van der Waals surface area contributed by atoms with Gasteiger partial charge in [0, 0.05) is 23.9 Å². The number of nitrogens with two attached hydrogens (primary N) is 1. The number of rotatable bonds is 5. The van der Waals surface area contributed by atoms with E-state index >= 15 is 0 Å². The fraction of sp³-hybridized carbons (Fsp3) is 0.261. The van der Waals surface area contributed by atoms with Crippen LogP contribution in [0.5, 0.6) is 0 Å². The number of sulfonamides is 1. The molecule has 0 saturated heterocycles. The lowest BCUT2D eigenvalue weighted by atomic mass is 10.0. The number of nitrogen functional groups attached to an aromatic ring is 1. The Kier molecular flexibility index (Phi) is 6.31. The highest BCUT2D eigenvalue weighted by Gasteiger charge is 2.49. The summed E-state index contributed by atoms with van der Waals surface area (Å²) in [6.45, 7) is 4.32. The number of hydrogen-bond donors (Lipinski definition) is 2. The van der Waals surface area contributed by atoms with Crippen molar-refractivity contribution >= 4 is 33.5 Å². The third-order valence-electron chi connectivity index (χ3n) is 5.79. The van der Waals surface area contributed by atoms with Crippen LogP contribution in [0.1, 0.15) is 42.4 Å². The monoisotopic (exact) mass is 519 g/mol. The molecule has 1 aromatic heterocycles. The molecule has 0 bridgehead atoms. The number of nitrogens with zero attached hydrogens (tertiary/aromatic N) is 3. The van der Waals surface area contributed by atoms with Crippen molar-refractivity contribution in [2.75, 3.05) is 17.7 Å². The zero-order chi connectivity index (χ0) is 26.4. The quantitative estimate of drug-likeness (QED) is 0.493. The van der Waals surface area contributed by atoms with Gasteiger partial charge in [0.15, 0.2) is 0 Å². The molecule has 0 atom stereocenters. The zero-order valence-electron chi connectivity index (χ0n) is 19.6. The van der Waals surface area contributed by atoms with E-state index in [0.29, 0.717) is 18.2 Å². The normalized spacial score (nSPS) is 14.9. The van der Waals surface area contributed by atoms with Crippen LogP contribution in [-0.4, -0.2) is 41.1 Å². The Morgan fingerprint density at radius 3 is 2.42 bits per heavy atom. The van der Waals surface area contributed by atoms with Crippen LogP contribution in [-0.2, 0) is 26.8 Å². The van der Waals surface area contributed by atoms with E-state index in [0.717, 1.165) is 8.99 Å². The topological polar surface area (TPSA) is 137 Å². The van der Waals surface area contributed by atoms with Crippen LogP contribution >= 0.6 is 0 Å². The highest BCUT2D eigenvalue weighted by molar-refractivity contribution is 7.89. The molecule has 2 heterocycles. The molecule has 2 aromatic carbocycles. The van der Waals surface area contributed by atoms with Crippen LogP contribution in [0.3, 0.4) is 0 Å². The molecule has 0 fully saturated rings. The Labute approximate surface area is 205 Å². The number of hydrogen-bond acceptors (Lipinski definition) is 7. The minimum Gasteiger partial charge on any atom is -0.448 e. The summed E-state index contributed by atoms with van der Waals surface area (Å²) in [4.78, 5) is 25.0. The second-order valence-electron chi connectivity index (χ2n) is 8.50. The Hall–Kier alpha value is -3.84. The minimum absolute atomic E-state index is 0.0252. The van der Waals surface area contributed by atoms with Gasteiger partial charge in [-0.15, -0.1) is 4.68 Å². The van der Waals surface area contributed by atoms with E-state index in [2.05, 4.69) is 10.4 Å². The molecule has 0 spiro atoms. The van der Waals surface area contributed by atoms with Crippen molar-refractivity contribution in [1.82, 2.24) is 14.1 Å². The van der Waals surface area contributed by atoms with Crippen LogP contribution < -0.4 is 11.1 Å². The largest absolute Gasteiger partial charge is 0.448 e. The van der Waals surface area contributed by atoms with Crippen molar-refractivity contribution in [2.24, 2.45) is 0 Å². The van der Waals surface area contributed by atoms with Gasteiger partial charge in [0.05, 0.1) is 28.3 Å². The highest BCUT2D eigenvalue weighted by Crippen LogP contribution is 2.45. The van der Waals surface area contributed by atoms with Crippen molar-refractivity contribution in [3.8, 4) is 0 Å². The van der Waals surface area contributed by atoms with Gasteiger partial charge in [0.25, 0.3) is 5.91 Å². The van der Waals surface area contributed by atoms with Crippen molar-refractivity contribution in [3.05, 3.63) is 70.9 Å². The zero-order valence-corrected chi connectivity index (χ0v) is 20.4. The van der Waals surface area contributed by atoms with Crippen LogP contribution in [0.2, 0.25) is 0 Å². The molecule has 10 nitrogen and oxygen atoms in total. The molecule has 0 radical (unpaired) electrons. The van der Waals surface area contributed by atoms with E-state index in [1.54, 1.807) is 19.1 Å². The predicted molar refractivity (Wildman–Crippen MR) is 126 cm³/mol. The molecular weight excluding hydrogens is 496 g/mol. The summed E-state index contributed by atoms with van der Waals surface area (Å²) in [6, 6.07) is 8.25. The molecule has 3 N–H and O–H groups in total. The fourth-order valence-corrected chi connectivity index (χ4v) is 5.83. The average Bonchev–Trinajstić information content (AvgIpc) is 3.28. The number of benzene rings is 2. The number of aromatic nitrogens is 2. The van der Waals surface area contributed by atoms with Crippen LogP contribution in [0.4, 0.5) is 25.1 Å². The molecule has 36 heavy (non-hydrogen) atoms. The maximum Gasteiger partial charge on any atom is 0.436 e. The van der Waals surface area contributed by atoms with Gasteiger partial charge in [-0.05, 0) is 45.0 Å². The van der Waals surface area contributed by atoms with E-state index < -0.39 is 44.1 Å². The second kappa shape index (κ2) is 8.99. The molecule has 0 unspecified atom stereocenters. The number of halogens is 2. The lowest BCUT2D eigenvalue weighted by Gasteiger charge is -2.30. The highest BCUT2D eigenvalue weighted by atomic mass is 32.2. The lowest BCUT2D eigenvalue weighted by Crippen LogP contribution is -2.41. The number of fused-ring (bicyclic) bond motifs is 1. The first-order valence-corrected chi connectivity index (χ1v) is 12.3. The maximum absolute atomic E-state index is 13.8. The van der Waals surface area contributed by atoms with Crippen LogP contribution in [0.15, 0.2) is 47.4 Å². The molecule has 190 valence electrons. The number of anilines is 2. The number of ether oxygens (including phenoxy) is 1. The van der Waals surface area contributed by atoms with Crippen molar-refractivity contribution in [2.45, 2.75) is 37.8 Å². The summed E-state index contributed by atoms with van der Waals surface area (Å²) < 4.78 is 61.3. The third kappa shape index (κ3) is 4.20. The summed E-state index contributed by atoms with van der Waals surface area (Å²) in [5.41, 5.74) is 5.22.